The van der Waals surface area contributed by atoms with E-state index in [0.717, 1.165) is 17.0 Å². The van der Waals surface area contributed by atoms with Crippen molar-refractivity contribution in [2.45, 2.75) is 13.8 Å². The van der Waals surface area contributed by atoms with E-state index in [4.69, 9.17) is 5.73 Å². The lowest BCUT2D eigenvalue weighted by molar-refractivity contribution is 0.631. The normalized spacial score (nSPS) is 10.8. The fourth-order valence-corrected chi connectivity index (χ4v) is 2.29. The quantitative estimate of drug-likeness (QED) is 0.757. The maximum atomic E-state index is 14.1. The first kappa shape index (κ1) is 13.2. The number of nitrogens with zero attached hydrogens (tertiary/aromatic N) is 3. The number of hydrogen-bond acceptors (Lipinski definition) is 4. The number of aromatic amines is 1. The topological polar surface area (TPSA) is 80.5 Å². The Kier molecular flexibility index (Phi) is 3.13. The standard InChI is InChI=1S/C15H14FN5/c1-8-7-11(9(2)19-18-8)14-13(15(17)21-20-14)10-5-3-4-6-12(10)16/h3-7H,1-2H3,(H3,17,20,21). The van der Waals surface area contributed by atoms with E-state index in [0.29, 0.717) is 16.8 Å². The van der Waals surface area contributed by atoms with E-state index < -0.39 is 0 Å². The van der Waals surface area contributed by atoms with Crippen molar-refractivity contribution in [2.24, 2.45) is 0 Å². The van der Waals surface area contributed by atoms with Crippen LogP contribution in [0.4, 0.5) is 10.2 Å². The van der Waals surface area contributed by atoms with E-state index in [1.165, 1.54) is 6.07 Å². The molecule has 21 heavy (non-hydrogen) atoms. The molecule has 0 radical (unpaired) electrons. The lowest BCUT2D eigenvalue weighted by Crippen LogP contribution is -1.96. The summed E-state index contributed by atoms with van der Waals surface area (Å²) in [5, 5.41) is 15.0. The lowest BCUT2D eigenvalue weighted by atomic mass is 9.99. The SMILES string of the molecule is Cc1cc(-c2[nH]nc(N)c2-c2ccccc2F)c(C)nn1. The maximum absolute atomic E-state index is 14.1. The van der Waals surface area contributed by atoms with Crippen LogP contribution in [0.1, 0.15) is 11.4 Å². The molecule has 5 nitrogen and oxygen atoms in total. The van der Waals surface area contributed by atoms with Gasteiger partial charge in [0.1, 0.15) is 5.82 Å². The predicted octanol–water partition coefficient (Wildman–Crippen LogP) is 2.87. The summed E-state index contributed by atoms with van der Waals surface area (Å²) in [7, 11) is 0. The Labute approximate surface area is 121 Å². The van der Waals surface area contributed by atoms with E-state index in [9.17, 15) is 4.39 Å². The van der Waals surface area contributed by atoms with E-state index >= 15 is 0 Å². The van der Waals surface area contributed by atoms with Gasteiger partial charge >= 0.3 is 0 Å². The summed E-state index contributed by atoms with van der Waals surface area (Å²) in [6.07, 6.45) is 0. The maximum Gasteiger partial charge on any atom is 0.153 e. The van der Waals surface area contributed by atoms with Crippen molar-refractivity contribution in [1.29, 1.82) is 0 Å². The third kappa shape index (κ3) is 2.24. The van der Waals surface area contributed by atoms with Gasteiger partial charge in [-0.1, -0.05) is 18.2 Å². The van der Waals surface area contributed by atoms with Crippen molar-refractivity contribution in [1.82, 2.24) is 20.4 Å². The van der Waals surface area contributed by atoms with Crippen LogP contribution >= 0.6 is 0 Å². The van der Waals surface area contributed by atoms with Crippen LogP contribution in [0.25, 0.3) is 22.4 Å². The molecule has 0 aliphatic carbocycles. The lowest BCUT2D eigenvalue weighted by Gasteiger charge is -2.08. The molecule has 3 aromatic rings. The Bertz CT molecular complexity index is 810. The molecule has 0 aliphatic heterocycles. The van der Waals surface area contributed by atoms with Crippen LogP contribution in [0.5, 0.6) is 0 Å². The van der Waals surface area contributed by atoms with Gasteiger partial charge < -0.3 is 5.73 Å². The molecular weight excluding hydrogens is 269 g/mol. The first-order valence-corrected chi connectivity index (χ1v) is 6.48. The van der Waals surface area contributed by atoms with E-state index in [-0.39, 0.29) is 11.6 Å². The second-order valence-electron chi connectivity index (χ2n) is 4.82. The highest BCUT2D eigenvalue weighted by Gasteiger charge is 2.19. The molecule has 2 aromatic heterocycles. The monoisotopic (exact) mass is 283 g/mol. The summed E-state index contributed by atoms with van der Waals surface area (Å²) in [6, 6.07) is 8.35. The number of hydrogen-bond donors (Lipinski definition) is 2. The highest BCUT2D eigenvalue weighted by atomic mass is 19.1. The average molecular weight is 283 g/mol. The molecule has 1 aromatic carbocycles. The zero-order valence-corrected chi connectivity index (χ0v) is 11.7. The molecule has 0 saturated carbocycles. The van der Waals surface area contributed by atoms with Crippen LogP contribution in [0.2, 0.25) is 0 Å². The Morgan fingerprint density at radius 2 is 1.86 bits per heavy atom. The number of rotatable bonds is 2. The number of aromatic nitrogens is 4. The number of halogens is 1. The Morgan fingerprint density at radius 3 is 2.62 bits per heavy atom. The molecule has 0 fully saturated rings. The van der Waals surface area contributed by atoms with Crippen molar-refractivity contribution in [3.8, 4) is 22.4 Å². The first-order chi connectivity index (χ1) is 10.1. The fraction of sp³-hybridized carbons (Fsp3) is 0.133. The van der Waals surface area contributed by atoms with Gasteiger partial charge in [-0.2, -0.15) is 15.3 Å². The molecule has 6 heteroatoms. The molecule has 0 spiro atoms. The molecule has 0 unspecified atom stereocenters. The number of benzene rings is 1. The van der Waals surface area contributed by atoms with Gasteiger partial charge in [0.05, 0.1) is 22.6 Å². The smallest absolute Gasteiger partial charge is 0.153 e. The van der Waals surface area contributed by atoms with Gasteiger partial charge in [0, 0.05) is 11.1 Å². The van der Waals surface area contributed by atoms with Crippen molar-refractivity contribution >= 4 is 5.82 Å². The van der Waals surface area contributed by atoms with Crippen LogP contribution in [-0.2, 0) is 0 Å². The van der Waals surface area contributed by atoms with E-state index in [1.807, 2.05) is 19.9 Å². The van der Waals surface area contributed by atoms with Gasteiger partial charge in [0.25, 0.3) is 0 Å². The number of nitrogens with one attached hydrogen (secondary N) is 1. The molecule has 0 atom stereocenters. The van der Waals surface area contributed by atoms with Crippen molar-refractivity contribution < 1.29 is 4.39 Å². The van der Waals surface area contributed by atoms with Crippen molar-refractivity contribution in [3.63, 3.8) is 0 Å². The number of nitrogens with two attached hydrogens (primary N) is 1. The molecule has 0 amide bonds. The van der Waals surface area contributed by atoms with E-state index in [2.05, 4.69) is 20.4 Å². The van der Waals surface area contributed by atoms with Crippen molar-refractivity contribution in [2.75, 3.05) is 5.73 Å². The van der Waals surface area contributed by atoms with Crippen LogP contribution in [0.3, 0.4) is 0 Å². The first-order valence-electron chi connectivity index (χ1n) is 6.48. The predicted molar refractivity (Wildman–Crippen MR) is 78.9 cm³/mol. The largest absolute Gasteiger partial charge is 0.382 e. The Balaban J connectivity index is 2.27. The van der Waals surface area contributed by atoms with Crippen molar-refractivity contribution in [3.05, 3.63) is 47.5 Å². The highest BCUT2D eigenvalue weighted by molar-refractivity contribution is 5.88. The van der Waals surface area contributed by atoms with Gasteiger partial charge in [-0.3, -0.25) is 5.10 Å². The summed E-state index contributed by atoms with van der Waals surface area (Å²) in [6.45, 7) is 3.68. The second kappa shape index (κ2) is 4.97. The summed E-state index contributed by atoms with van der Waals surface area (Å²) in [5.74, 6) is -0.0906. The summed E-state index contributed by atoms with van der Waals surface area (Å²) < 4.78 is 14.1. The minimum atomic E-state index is -0.344. The third-order valence-corrected chi connectivity index (χ3v) is 3.31. The van der Waals surface area contributed by atoms with Crippen LogP contribution < -0.4 is 5.73 Å². The highest BCUT2D eigenvalue weighted by Crippen LogP contribution is 2.36. The average Bonchev–Trinajstić information content (AvgIpc) is 2.84. The van der Waals surface area contributed by atoms with Gasteiger partial charge in [0.15, 0.2) is 5.82 Å². The third-order valence-electron chi connectivity index (χ3n) is 3.31. The molecule has 0 aliphatic rings. The minimum Gasteiger partial charge on any atom is -0.382 e. The van der Waals surface area contributed by atoms with Gasteiger partial charge in [0.2, 0.25) is 0 Å². The van der Waals surface area contributed by atoms with E-state index in [1.54, 1.807) is 18.2 Å². The molecule has 106 valence electrons. The van der Waals surface area contributed by atoms with Crippen LogP contribution in [0.15, 0.2) is 30.3 Å². The molecular formula is C15H14FN5. The molecule has 3 rings (SSSR count). The van der Waals surface area contributed by atoms with Crippen LogP contribution in [-0.4, -0.2) is 20.4 Å². The fourth-order valence-electron chi connectivity index (χ4n) is 2.29. The zero-order valence-electron chi connectivity index (χ0n) is 11.7. The summed E-state index contributed by atoms with van der Waals surface area (Å²) in [4.78, 5) is 0. The minimum absolute atomic E-state index is 0.254. The van der Waals surface area contributed by atoms with Crippen LogP contribution in [0, 0.1) is 19.7 Å². The summed E-state index contributed by atoms with van der Waals surface area (Å²) >= 11 is 0. The Hall–Kier alpha value is -2.76. The number of H-pyrrole nitrogens is 1. The molecule has 3 N–H and O–H groups in total. The van der Waals surface area contributed by atoms with Gasteiger partial charge in [-0.15, -0.1) is 0 Å². The van der Waals surface area contributed by atoms with Gasteiger partial charge in [-0.25, -0.2) is 4.39 Å². The summed E-state index contributed by atoms with van der Waals surface area (Å²) in [5.41, 5.74) is 9.82. The zero-order chi connectivity index (χ0) is 15.0. The Morgan fingerprint density at radius 1 is 1.10 bits per heavy atom. The molecule has 0 bridgehead atoms. The second-order valence-corrected chi connectivity index (χ2v) is 4.82. The molecule has 0 saturated heterocycles. The molecule has 2 heterocycles. The number of anilines is 1. The number of aryl methyl sites for hydroxylation is 2. The van der Waals surface area contributed by atoms with Gasteiger partial charge in [-0.05, 0) is 26.0 Å². The number of nitrogen functional groups attached to an aromatic ring is 1.